The summed E-state index contributed by atoms with van der Waals surface area (Å²) >= 11 is 0. The molecule has 0 saturated carbocycles. The Morgan fingerprint density at radius 3 is 1.14 bits per heavy atom. The molecule has 0 aromatic heterocycles. The van der Waals surface area contributed by atoms with Crippen LogP contribution in [0.2, 0.25) is 0 Å². The van der Waals surface area contributed by atoms with Crippen molar-refractivity contribution >= 4 is 28.9 Å². The number of amides is 2. The van der Waals surface area contributed by atoms with Gasteiger partial charge in [0.05, 0.1) is 0 Å². The Hall–Kier alpha value is -6.53. The van der Waals surface area contributed by atoms with Gasteiger partial charge in [-0.15, -0.1) is 0 Å². The molecule has 0 bridgehead atoms. The number of hydrogen-bond donors (Lipinski definition) is 3. The molecule has 2 amide bonds. The second kappa shape index (κ2) is 16.7. The second-order valence-corrected chi connectivity index (χ2v) is 12.2. The molecule has 0 unspecified atom stereocenters. The van der Waals surface area contributed by atoms with Crippen molar-refractivity contribution < 1.29 is 19.5 Å². The molecule has 0 heterocycles. The quantitative estimate of drug-likeness (QED) is 0.109. The highest BCUT2D eigenvalue weighted by Crippen LogP contribution is 2.36. The predicted molar refractivity (Wildman–Crippen MR) is 202 cm³/mol. The fraction of sp³-hybridized carbons (Fsp3) is 0.0889. The molecule has 0 aliphatic rings. The molecule has 252 valence electrons. The third-order valence-corrected chi connectivity index (χ3v) is 8.67. The number of carbonyl (C=O) groups is 3. The average molecular weight is 671 g/mol. The van der Waals surface area contributed by atoms with Crippen molar-refractivity contribution in [2.75, 3.05) is 0 Å². The Bertz CT molecular complexity index is 2040. The minimum absolute atomic E-state index is 0.112. The summed E-state index contributed by atoms with van der Waals surface area (Å²) < 4.78 is 0. The molecule has 3 N–H and O–H groups in total. The highest BCUT2D eigenvalue weighted by molar-refractivity contribution is 6.05. The fourth-order valence-electron chi connectivity index (χ4n) is 6.14. The number of hydrogen-bond acceptors (Lipinski definition) is 3. The Kier molecular flexibility index (Phi) is 11.3. The van der Waals surface area contributed by atoms with E-state index < -0.39 is 29.9 Å². The Labute approximate surface area is 298 Å². The van der Waals surface area contributed by atoms with Gasteiger partial charge in [0.15, 0.2) is 0 Å². The Balaban J connectivity index is 1.31. The monoisotopic (exact) mass is 670 g/mol. The zero-order valence-electron chi connectivity index (χ0n) is 28.0. The van der Waals surface area contributed by atoms with Crippen LogP contribution in [-0.4, -0.2) is 35.0 Å². The molecule has 51 heavy (non-hydrogen) atoms. The standard InChI is InChI=1S/C45H38N2O4/c48-43(46-39(30-32-16-6-1-7-17-32)44(49)47-40(45(50)51)31-33-18-8-2-9-19-33)38-28-26-37(27-29-38)42(36-24-14-5-15-25-36)41(34-20-10-3-11-21-34)35-22-12-4-13-23-35/h1-29,39-40H,30-31H2,(H,46,48)(H,47,49)(H,50,51)/t39-,40-/m0/s1. The lowest BCUT2D eigenvalue weighted by molar-refractivity contribution is -0.142. The normalized spacial score (nSPS) is 11.8. The topological polar surface area (TPSA) is 95.5 Å². The molecule has 0 saturated heterocycles. The number of nitrogens with one attached hydrogen (secondary N) is 2. The van der Waals surface area contributed by atoms with E-state index in [1.165, 1.54) is 0 Å². The molecule has 6 aromatic carbocycles. The molecule has 0 aliphatic heterocycles. The highest BCUT2D eigenvalue weighted by Gasteiger charge is 2.27. The maximum absolute atomic E-state index is 13.8. The second-order valence-electron chi connectivity index (χ2n) is 12.2. The summed E-state index contributed by atoms with van der Waals surface area (Å²) in [6.07, 6.45) is 0.299. The van der Waals surface area contributed by atoms with E-state index in [4.69, 9.17) is 0 Å². The molecule has 2 atom stereocenters. The van der Waals surface area contributed by atoms with Gasteiger partial charge in [0.1, 0.15) is 12.1 Å². The molecular weight excluding hydrogens is 633 g/mol. The summed E-state index contributed by atoms with van der Waals surface area (Å²) in [6.45, 7) is 0. The summed E-state index contributed by atoms with van der Waals surface area (Å²) in [5, 5.41) is 15.5. The van der Waals surface area contributed by atoms with Gasteiger partial charge in [0, 0.05) is 18.4 Å². The maximum atomic E-state index is 13.8. The van der Waals surface area contributed by atoms with E-state index in [9.17, 15) is 19.5 Å². The van der Waals surface area contributed by atoms with Gasteiger partial charge in [-0.3, -0.25) is 9.59 Å². The summed E-state index contributed by atoms with van der Waals surface area (Å²) in [6, 6.07) is 54.3. The number of carboxylic acid groups (broad SMARTS) is 1. The van der Waals surface area contributed by atoms with E-state index in [0.717, 1.165) is 44.5 Å². The molecule has 6 rings (SSSR count). The SMILES string of the molecule is O=C(N[C@@H](Cc1ccccc1)C(=O)N[C@@H](Cc1ccccc1)C(=O)O)c1ccc(C(=C(c2ccccc2)c2ccccc2)c2ccccc2)cc1. The molecule has 6 nitrogen and oxygen atoms in total. The number of carbonyl (C=O) groups excluding carboxylic acids is 2. The number of benzene rings is 6. The molecule has 0 fully saturated rings. The van der Waals surface area contributed by atoms with Crippen LogP contribution in [0, 0.1) is 0 Å². The summed E-state index contributed by atoms with van der Waals surface area (Å²) in [5.41, 5.74) is 8.12. The number of carboxylic acids is 1. The van der Waals surface area contributed by atoms with Crippen molar-refractivity contribution in [2.24, 2.45) is 0 Å². The van der Waals surface area contributed by atoms with Gasteiger partial charge in [-0.05, 0) is 56.7 Å². The van der Waals surface area contributed by atoms with Crippen molar-refractivity contribution in [3.05, 3.63) is 215 Å². The van der Waals surface area contributed by atoms with E-state index in [1.807, 2.05) is 127 Å². The summed E-state index contributed by atoms with van der Waals surface area (Å²) in [4.78, 5) is 39.6. The predicted octanol–water partition coefficient (Wildman–Crippen LogP) is 7.85. The molecule has 0 spiro atoms. The van der Waals surface area contributed by atoms with Gasteiger partial charge in [-0.1, -0.05) is 164 Å². The van der Waals surface area contributed by atoms with E-state index in [-0.39, 0.29) is 12.8 Å². The van der Waals surface area contributed by atoms with E-state index in [1.54, 1.807) is 12.1 Å². The number of rotatable bonds is 13. The number of aliphatic carboxylic acids is 1. The Morgan fingerprint density at radius 2 is 0.745 bits per heavy atom. The van der Waals surface area contributed by atoms with Gasteiger partial charge >= 0.3 is 5.97 Å². The zero-order valence-corrected chi connectivity index (χ0v) is 28.0. The molecular formula is C45H38N2O4. The van der Waals surface area contributed by atoms with Crippen LogP contribution in [-0.2, 0) is 22.4 Å². The first-order valence-corrected chi connectivity index (χ1v) is 16.9. The van der Waals surface area contributed by atoms with Crippen LogP contribution >= 0.6 is 0 Å². The van der Waals surface area contributed by atoms with Gasteiger partial charge in [-0.2, -0.15) is 0 Å². The van der Waals surface area contributed by atoms with Crippen LogP contribution < -0.4 is 10.6 Å². The highest BCUT2D eigenvalue weighted by atomic mass is 16.4. The lowest BCUT2D eigenvalue weighted by Crippen LogP contribution is -2.53. The summed E-state index contributed by atoms with van der Waals surface area (Å²) in [7, 11) is 0. The zero-order chi connectivity index (χ0) is 35.4. The van der Waals surface area contributed by atoms with Gasteiger partial charge in [-0.25, -0.2) is 4.79 Å². The van der Waals surface area contributed by atoms with E-state index in [2.05, 4.69) is 47.0 Å². The fourth-order valence-corrected chi connectivity index (χ4v) is 6.14. The van der Waals surface area contributed by atoms with Crippen LogP contribution in [0.25, 0.3) is 11.1 Å². The van der Waals surface area contributed by atoms with Crippen molar-refractivity contribution in [1.29, 1.82) is 0 Å². The van der Waals surface area contributed by atoms with E-state index >= 15 is 0 Å². The van der Waals surface area contributed by atoms with Crippen LogP contribution in [0.4, 0.5) is 0 Å². The van der Waals surface area contributed by atoms with Gasteiger partial charge < -0.3 is 15.7 Å². The Morgan fingerprint density at radius 1 is 0.412 bits per heavy atom. The third kappa shape index (κ3) is 8.94. The first-order valence-electron chi connectivity index (χ1n) is 16.9. The maximum Gasteiger partial charge on any atom is 0.326 e. The first kappa shape index (κ1) is 34.3. The van der Waals surface area contributed by atoms with Crippen LogP contribution in [0.5, 0.6) is 0 Å². The largest absolute Gasteiger partial charge is 0.480 e. The smallest absolute Gasteiger partial charge is 0.326 e. The molecule has 6 heteroatoms. The minimum Gasteiger partial charge on any atom is -0.480 e. The van der Waals surface area contributed by atoms with Crippen LogP contribution in [0.1, 0.15) is 43.7 Å². The molecule has 0 aliphatic carbocycles. The van der Waals surface area contributed by atoms with Gasteiger partial charge in [0.25, 0.3) is 5.91 Å². The third-order valence-electron chi connectivity index (χ3n) is 8.67. The van der Waals surface area contributed by atoms with Crippen LogP contribution in [0.3, 0.4) is 0 Å². The summed E-state index contributed by atoms with van der Waals surface area (Å²) in [5.74, 6) is -2.17. The minimum atomic E-state index is -1.17. The van der Waals surface area contributed by atoms with Gasteiger partial charge in [0.2, 0.25) is 5.91 Å². The van der Waals surface area contributed by atoms with Crippen molar-refractivity contribution in [3.63, 3.8) is 0 Å². The lowest BCUT2D eigenvalue weighted by atomic mass is 9.85. The molecule has 0 radical (unpaired) electrons. The van der Waals surface area contributed by atoms with E-state index in [0.29, 0.717) is 5.56 Å². The van der Waals surface area contributed by atoms with Crippen molar-refractivity contribution in [1.82, 2.24) is 10.6 Å². The molecule has 6 aromatic rings. The average Bonchev–Trinajstić information content (AvgIpc) is 3.18. The van der Waals surface area contributed by atoms with Crippen molar-refractivity contribution in [3.8, 4) is 0 Å². The van der Waals surface area contributed by atoms with Crippen LogP contribution in [0.15, 0.2) is 176 Å². The first-order chi connectivity index (χ1) is 25.0. The lowest BCUT2D eigenvalue weighted by Gasteiger charge is -2.22. The van der Waals surface area contributed by atoms with Crippen molar-refractivity contribution in [2.45, 2.75) is 24.9 Å².